The van der Waals surface area contributed by atoms with Crippen LogP contribution < -0.4 is 10.6 Å². The lowest BCUT2D eigenvalue weighted by Crippen LogP contribution is -2.38. The smallest absolute Gasteiger partial charge is 0.263 e. The van der Waals surface area contributed by atoms with Gasteiger partial charge in [0.1, 0.15) is 12.4 Å². The van der Waals surface area contributed by atoms with E-state index in [2.05, 4.69) is 20.9 Å². The predicted molar refractivity (Wildman–Crippen MR) is 38.0 cm³/mol. The summed E-state index contributed by atoms with van der Waals surface area (Å²) in [6, 6.07) is 0. The van der Waals surface area contributed by atoms with Gasteiger partial charge < -0.3 is 10.6 Å². The van der Waals surface area contributed by atoms with Gasteiger partial charge in [-0.2, -0.15) is 0 Å². The van der Waals surface area contributed by atoms with Gasteiger partial charge in [0.05, 0.1) is 6.20 Å². The van der Waals surface area contributed by atoms with Crippen molar-refractivity contribution < 1.29 is 9.59 Å². The van der Waals surface area contributed by atoms with Crippen LogP contribution in [0.15, 0.2) is 6.20 Å². The zero-order valence-corrected chi connectivity index (χ0v) is 6.44. The summed E-state index contributed by atoms with van der Waals surface area (Å²) < 4.78 is 1.47. The quantitative estimate of drug-likeness (QED) is 0.345. The largest absolute Gasteiger partial charge is 0.334 e. The zero-order chi connectivity index (χ0) is 9.05. The highest BCUT2D eigenvalue weighted by Gasteiger charge is 2.64. The number of carbonyl (C=O) groups excluding carboxylic acids is 2. The second-order valence-corrected chi connectivity index (χ2v) is 3.01. The van der Waals surface area contributed by atoms with Crippen LogP contribution in [0.4, 0.5) is 0 Å². The molecule has 13 heavy (non-hydrogen) atoms. The molecule has 2 aliphatic heterocycles. The van der Waals surface area contributed by atoms with Crippen molar-refractivity contribution in [2.45, 2.75) is 12.2 Å². The van der Waals surface area contributed by atoms with E-state index in [0.29, 0.717) is 5.69 Å². The van der Waals surface area contributed by atoms with Crippen molar-refractivity contribution in [3.05, 3.63) is 11.9 Å². The molecule has 1 spiro atoms. The summed E-state index contributed by atoms with van der Waals surface area (Å²) in [6.45, 7) is 0.253. The molecule has 1 aromatic heterocycles. The van der Waals surface area contributed by atoms with Crippen LogP contribution in [0.5, 0.6) is 0 Å². The first-order chi connectivity index (χ1) is 6.23. The minimum absolute atomic E-state index is 0.253. The van der Waals surface area contributed by atoms with Crippen molar-refractivity contribution in [2.24, 2.45) is 0 Å². The number of nitrogens with zero attached hydrogens (tertiary/aromatic N) is 3. The van der Waals surface area contributed by atoms with Gasteiger partial charge in [-0.05, 0) is 0 Å². The van der Waals surface area contributed by atoms with E-state index in [4.69, 9.17) is 0 Å². The van der Waals surface area contributed by atoms with Gasteiger partial charge in [-0.1, -0.05) is 5.21 Å². The first kappa shape index (κ1) is 6.58. The van der Waals surface area contributed by atoms with Gasteiger partial charge in [-0.25, -0.2) is 4.68 Å². The Kier molecular flexibility index (Phi) is 0.863. The number of nitrogens with one attached hydrogen (secondary N) is 2. The fourth-order valence-corrected chi connectivity index (χ4v) is 1.43. The predicted octanol–water partition coefficient (Wildman–Crippen LogP) is -2.31. The average molecular weight is 179 g/mol. The molecule has 2 N–H and O–H groups in total. The summed E-state index contributed by atoms with van der Waals surface area (Å²) in [5, 5.41) is 12.5. The van der Waals surface area contributed by atoms with Gasteiger partial charge in [-0.15, -0.1) is 5.10 Å². The van der Waals surface area contributed by atoms with Crippen molar-refractivity contribution in [2.75, 3.05) is 0 Å². The molecule has 1 saturated heterocycles. The van der Waals surface area contributed by atoms with Crippen LogP contribution in [-0.2, 0) is 21.8 Å². The van der Waals surface area contributed by atoms with E-state index in [1.807, 2.05) is 0 Å². The standard InChI is InChI=1S/C6H5N5O2/c12-4-6(5(13)8-6)3-1-11(2-7-4)10-9-3/h1H,2H2,(H,7,12)(H,8,13). The van der Waals surface area contributed by atoms with Crippen LogP contribution in [0.1, 0.15) is 5.69 Å². The summed E-state index contributed by atoms with van der Waals surface area (Å²) in [7, 11) is 0. The molecule has 3 heterocycles. The zero-order valence-electron chi connectivity index (χ0n) is 6.44. The second-order valence-electron chi connectivity index (χ2n) is 3.01. The van der Waals surface area contributed by atoms with Crippen LogP contribution in [0.2, 0.25) is 0 Å². The Bertz CT molecular complexity index is 424. The van der Waals surface area contributed by atoms with Crippen molar-refractivity contribution >= 4 is 11.8 Å². The van der Waals surface area contributed by atoms with E-state index in [-0.39, 0.29) is 18.5 Å². The normalized spacial score (nSPS) is 29.5. The summed E-state index contributed by atoms with van der Waals surface area (Å²) in [5.74, 6) is -0.677. The van der Waals surface area contributed by atoms with Crippen LogP contribution >= 0.6 is 0 Å². The molecule has 0 radical (unpaired) electrons. The molecule has 2 aliphatic rings. The second kappa shape index (κ2) is 1.70. The highest BCUT2D eigenvalue weighted by Crippen LogP contribution is 2.31. The fourth-order valence-electron chi connectivity index (χ4n) is 1.43. The number of hydrogen-bond donors (Lipinski definition) is 2. The van der Waals surface area contributed by atoms with E-state index in [0.717, 1.165) is 0 Å². The topological polar surface area (TPSA) is 98.8 Å². The van der Waals surface area contributed by atoms with Crippen LogP contribution in [0.3, 0.4) is 0 Å². The van der Waals surface area contributed by atoms with Crippen LogP contribution in [0, 0.1) is 0 Å². The van der Waals surface area contributed by atoms with E-state index in [1.165, 1.54) is 4.68 Å². The Balaban J connectivity index is 2.21. The SMILES string of the molecule is O=C1NCn2cc(nn2)C12NC2=O. The lowest BCUT2D eigenvalue weighted by molar-refractivity contribution is -0.126. The summed E-state index contributed by atoms with van der Waals surface area (Å²) in [4.78, 5) is 22.5. The third-order valence-corrected chi connectivity index (χ3v) is 2.24. The number of fused-ring (bicyclic) bond motifs is 3. The van der Waals surface area contributed by atoms with E-state index in [9.17, 15) is 9.59 Å². The third kappa shape index (κ3) is 0.601. The van der Waals surface area contributed by atoms with Gasteiger partial charge in [0.25, 0.3) is 11.8 Å². The minimum Gasteiger partial charge on any atom is -0.334 e. The molecule has 1 unspecified atom stereocenters. The highest BCUT2D eigenvalue weighted by molar-refractivity contribution is 6.21. The monoisotopic (exact) mass is 179 g/mol. The number of amides is 2. The van der Waals surface area contributed by atoms with Crippen molar-refractivity contribution in [3.8, 4) is 0 Å². The molecule has 1 fully saturated rings. The lowest BCUT2D eigenvalue weighted by Gasteiger charge is -2.05. The number of hydrogen-bond acceptors (Lipinski definition) is 4. The molecule has 0 aromatic carbocycles. The number of aromatic nitrogens is 3. The molecule has 0 aliphatic carbocycles. The minimum atomic E-state index is -1.24. The molecule has 1 aromatic rings. The number of carbonyl (C=O) groups is 2. The molecule has 7 heteroatoms. The molecular formula is C6H5N5O2. The van der Waals surface area contributed by atoms with E-state index < -0.39 is 5.54 Å². The van der Waals surface area contributed by atoms with E-state index >= 15 is 0 Å². The molecule has 1 atom stereocenters. The maximum atomic E-state index is 11.4. The van der Waals surface area contributed by atoms with Crippen molar-refractivity contribution in [3.63, 3.8) is 0 Å². The lowest BCUT2D eigenvalue weighted by atomic mass is 10.1. The Morgan fingerprint density at radius 3 is 2.92 bits per heavy atom. The maximum Gasteiger partial charge on any atom is 0.263 e. The summed E-state index contributed by atoms with van der Waals surface area (Å²) >= 11 is 0. The van der Waals surface area contributed by atoms with Crippen LogP contribution in [0.25, 0.3) is 0 Å². The first-order valence-electron chi connectivity index (χ1n) is 3.75. The van der Waals surface area contributed by atoms with E-state index in [1.54, 1.807) is 6.20 Å². The van der Waals surface area contributed by atoms with Crippen molar-refractivity contribution in [1.82, 2.24) is 25.6 Å². The Hall–Kier alpha value is -1.92. The van der Waals surface area contributed by atoms with Gasteiger partial charge in [0.15, 0.2) is 0 Å². The molecule has 2 amide bonds. The van der Waals surface area contributed by atoms with Gasteiger partial charge in [-0.3, -0.25) is 9.59 Å². The number of rotatable bonds is 0. The first-order valence-corrected chi connectivity index (χ1v) is 3.75. The molecular weight excluding hydrogens is 174 g/mol. The Morgan fingerprint density at radius 1 is 1.46 bits per heavy atom. The third-order valence-electron chi connectivity index (χ3n) is 2.24. The van der Waals surface area contributed by atoms with Gasteiger partial charge >= 0.3 is 0 Å². The summed E-state index contributed by atoms with van der Waals surface area (Å²) in [5.41, 5.74) is -0.873. The molecule has 3 rings (SSSR count). The molecule has 0 saturated carbocycles. The molecule has 2 bridgehead atoms. The Labute approximate surface area is 72.1 Å². The highest BCUT2D eigenvalue weighted by atomic mass is 16.2. The molecule has 7 nitrogen and oxygen atoms in total. The molecule has 66 valence electrons. The average Bonchev–Trinajstić information content (AvgIpc) is 2.61. The van der Waals surface area contributed by atoms with Gasteiger partial charge in [0.2, 0.25) is 5.54 Å². The maximum absolute atomic E-state index is 11.4. The van der Waals surface area contributed by atoms with Gasteiger partial charge in [0, 0.05) is 0 Å². The van der Waals surface area contributed by atoms with Crippen LogP contribution in [-0.4, -0.2) is 26.8 Å². The summed E-state index contributed by atoms with van der Waals surface area (Å²) in [6.07, 6.45) is 1.58. The Morgan fingerprint density at radius 2 is 2.23 bits per heavy atom. The fraction of sp³-hybridized carbons (Fsp3) is 0.333. The van der Waals surface area contributed by atoms with Crippen molar-refractivity contribution in [1.29, 1.82) is 0 Å².